The maximum atomic E-state index is 12.3. The molecule has 2 N–H and O–H groups in total. The van der Waals surface area contributed by atoms with Crippen LogP contribution in [0.4, 0.5) is 4.79 Å². The van der Waals surface area contributed by atoms with E-state index in [2.05, 4.69) is 5.32 Å². The van der Waals surface area contributed by atoms with Gasteiger partial charge in [0.2, 0.25) is 0 Å². The first-order chi connectivity index (χ1) is 13.8. The Kier molecular flexibility index (Phi) is 9.20. The Hall–Kier alpha value is -1.83. The van der Waals surface area contributed by atoms with Gasteiger partial charge in [0.1, 0.15) is 18.0 Å². The van der Waals surface area contributed by atoms with E-state index in [9.17, 15) is 4.79 Å². The average molecular weight is 410 g/mol. The average Bonchev–Trinajstić information content (AvgIpc) is 2.66. The summed E-state index contributed by atoms with van der Waals surface area (Å²) in [4.78, 5) is 12.3. The lowest BCUT2D eigenvalue weighted by atomic mass is 10.0. The van der Waals surface area contributed by atoms with Crippen LogP contribution in [0.1, 0.15) is 52.5 Å². The molecule has 1 aliphatic rings. The fourth-order valence-corrected chi connectivity index (χ4v) is 3.13. The van der Waals surface area contributed by atoms with Crippen molar-refractivity contribution in [3.63, 3.8) is 0 Å². The third-order valence-electron chi connectivity index (χ3n) is 4.51. The van der Waals surface area contributed by atoms with Gasteiger partial charge in [-0.1, -0.05) is 18.2 Å². The highest BCUT2D eigenvalue weighted by molar-refractivity contribution is 5.68. The van der Waals surface area contributed by atoms with Gasteiger partial charge in [-0.25, -0.2) is 4.79 Å². The van der Waals surface area contributed by atoms with Crippen molar-refractivity contribution in [1.82, 2.24) is 5.32 Å². The van der Waals surface area contributed by atoms with E-state index in [0.29, 0.717) is 18.8 Å². The van der Waals surface area contributed by atoms with Crippen molar-refractivity contribution in [2.75, 3.05) is 19.8 Å². The number of para-hydroxylation sites is 1. The number of aliphatic hydroxyl groups excluding tert-OH is 1. The van der Waals surface area contributed by atoms with Crippen molar-refractivity contribution >= 4 is 6.09 Å². The van der Waals surface area contributed by atoms with Crippen LogP contribution in [-0.4, -0.2) is 55.1 Å². The number of amides is 1. The van der Waals surface area contributed by atoms with E-state index >= 15 is 0 Å². The number of carbonyl (C=O) groups excluding carboxylic acids is 1. The summed E-state index contributed by atoms with van der Waals surface area (Å²) in [5.41, 5.74) is 0.372. The Bertz CT molecular complexity index is 624. The van der Waals surface area contributed by atoms with Crippen molar-refractivity contribution in [1.29, 1.82) is 0 Å². The third-order valence-corrected chi connectivity index (χ3v) is 4.51. The Morgan fingerprint density at radius 3 is 2.72 bits per heavy atom. The molecule has 1 amide bonds. The van der Waals surface area contributed by atoms with Crippen LogP contribution in [0.2, 0.25) is 0 Å². The van der Waals surface area contributed by atoms with Crippen molar-refractivity contribution in [3.05, 3.63) is 29.8 Å². The summed E-state index contributed by atoms with van der Waals surface area (Å²) < 4.78 is 23.0. The zero-order valence-corrected chi connectivity index (χ0v) is 18.0. The van der Waals surface area contributed by atoms with E-state index in [-0.39, 0.29) is 31.6 Å². The smallest absolute Gasteiger partial charge is 0.407 e. The minimum atomic E-state index is -0.572. The fraction of sp³-hybridized carbons (Fsp3) is 0.682. The summed E-state index contributed by atoms with van der Waals surface area (Å²) >= 11 is 0. The standard InChI is InChI=1S/C22H35NO6/c1-16(23-21(25)29-22(2,3)4)19(28-20-11-7-8-13-27-20)15-17-9-5-6-10-18(17)26-14-12-24/h5-6,9-10,16,19-20,24H,7-8,11-15H2,1-4H3,(H,23,25)/t16-,19+,20?/m1/s1. The first-order valence-electron chi connectivity index (χ1n) is 10.4. The molecule has 0 bridgehead atoms. The predicted molar refractivity (Wildman–Crippen MR) is 110 cm³/mol. The third kappa shape index (κ3) is 8.60. The van der Waals surface area contributed by atoms with E-state index < -0.39 is 11.7 Å². The molecule has 3 atom stereocenters. The number of benzene rings is 1. The van der Waals surface area contributed by atoms with Crippen LogP contribution in [0.15, 0.2) is 24.3 Å². The van der Waals surface area contributed by atoms with Crippen molar-refractivity contribution in [3.8, 4) is 5.75 Å². The molecule has 164 valence electrons. The highest BCUT2D eigenvalue weighted by Crippen LogP contribution is 2.24. The first kappa shape index (κ1) is 23.4. The number of alkyl carbamates (subject to hydrolysis) is 1. The molecule has 0 saturated carbocycles. The molecule has 0 radical (unpaired) electrons. The van der Waals surface area contributed by atoms with E-state index in [0.717, 1.165) is 24.8 Å². The second-order valence-electron chi connectivity index (χ2n) is 8.29. The van der Waals surface area contributed by atoms with Crippen molar-refractivity contribution in [2.45, 2.75) is 77.4 Å². The Balaban J connectivity index is 2.11. The molecule has 1 unspecified atom stereocenters. The molecule has 0 spiro atoms. The topological polar surface area (TPSA) is 86.3 Å². The Morgan fingerprint density at radius 2 is 2.07 bits per heavy atom. The van der Waals surface area contributed by atoms with Crippen LogP contribution < -0.4 is 10.1 Å². The summed E-state index contributed by atoms with van der Waals surface area (Å²) in [5.74, 6) is 0.698. The second-order valence-corrected chi connectivity index (χ2v) is 8.29. The number of nitrogens with one attached hydrogen (secondary N) is 1. The summed E-state index contributed by atoms with van der Waals surface area (Å²) in [6.07, 6.45) is 2.35. The minimum absolute atomic E-state index is 0.0548. The highest BCUT2D eigenvalue weighted by atomic mass is 16.7. The van der Waals surface area contributed by atoms with E-state index in [1.807, 2.05) is 52.0 Å². The Morgan fingerprint density at radius 1 is 1.31 bits per heavy atom. The molecule has 0 aliphatic carbocycles. The zero-order valence-electron chi connectivity index (χ0n) is 18.0. The lowest BCUT2D eigenvalue weighted by Crippen LogP contribution is -2.47. The van der Waals surface area contributed by atoms with Crippen LogP contribution >= 0.6 is 0 Å². The van der Waals surface area contributed by atoms with E-state index in [1.165, 1.54) is 0 Å². The molecule has 0 aromatic heterocycles. The molecule has 1 fully saturated rings. The van der Waals surface area contributed by atoms with Gasteiger partial charge < -0.3 is 29.4 Å². The summed E-state index contributed by atoms with van der Waals surface area (Å²) in [6, 6.07) is 7.34. The SMILES string of the molecule is C[C@@H](NC(=O)OC(C)(C)C)[C@H](Cc1ccccc1OCCO)OC1CCCCO1. The molecule has 2 rings (SSSR count). The number of hydrogen-bond acceptors (Lipinski definition) is 6. The highest BCUT2D eigenvalue weighted by Gasteiger charge is 2.28. The second kappa shape index (κ2) is 11.4. The minimum Gasteiger partial charge on any atom is -0.491 e. The maximum Gasteiger partial charge on any atom is 0.407 e. The quantitative estimate of drug-likeness (QED) is 0.650. The fourth-order valence-electron chi connectivity index (χ4n) is 3.13. The molecular weight excluding hydrogens is 374 g/mol. The van der Waals surface area contributed by atoms with Gasteiger partial charge in [-0.2, -0.15) is 0 Å². The number of ether oxygens (including phenoxy) is 4. The van der Waals surface area contributed by atoms with Gasteiger partial charge in [0, 0.05) is 13.0 Å². The largest absolute Gasteiger partial charge is 0.491 e. The molecule has 1 saturated heterocycles. The van der Waals surface area contributed by atoms with Crippen LogP contribution in [0, 0.1) is 0 Å². The number of aliphatic hydroxyl groups is 1. The zero-order chi connectivity index (χ0) is 21.3. The van der Waals surface area contributed by atoms with Crippen LogP contribution in [-0.2, 0) is 20.6 Å². The number of rotatable bonds is 9. The van der Waals surface area contributed by atoms with Crippen LogP contribution in [0.3, 0.4) is 0 Å². The van der Waals surface area contributed by atoms with Crippen molar-refractivity contribution in [2.24, 2.45) is 0 Å². The molecule has 1 aliphatic heterocycles. The van der Waals surface area contributed by atoms with Gasteiger partial charge in [0.15, 0.2) is 6.29 Å². The monoisotopic (exact) mass is 409 g/mol. The predicted octanol–water partition coefficient (Wildman–Crippen LogP) is 3.43. The molecule has 1 aromatic rings. The van der Waals surface area contributed by atoms with Gasteiger partial charge >= 0.3 is 6.09 Å². The molecule has 7 heteroatoms. The van der Waals surface area contributed by atoms with E-state index in [4.69, 9.17) is 24.1 Å². The summed E-state index contributed by atoms with van der Waals surface area (Å²) in [7, 11) is 0. The van der Waals surface area contributed by atoms with Gasteiger partial charge in [0.05, 0.1) is 18.8 Å². The lowest BCUT2D eigenvalue weighted by molar-refractivity contribution is -0.192. The number of hydrogen-bond donors (Lipinski definition) is 2. The Labute approximate surface area is 173 Å². The molecular formula is C22H35NO6. The molecule has 1 aromatic carbocycles. The van der Waals surface area contributed by atoms with Gasteiger partial charge in [-0.15, -0.1) is 0 Å². The van der Waals surface area contributed by atoms with Crippen LogP contribution in [0.5, 0.6) is 5.75 Å². The molecule has 29 heavy (non-hydrogen) atoms. The maximum absolute atomic E-state index is 12.3. The lowest BCUT2D eigenvalue weighted by Gasteiger charge is -2.32. The van der Waals surface area contributed by atoms with Gasteiger partial charge in [0.25, 0.3) is 0 Å². The summed E-state index contributed by atoms with van der Waals surface area (Å²) in [5, 5.41) is 12.0. The summed E-state index contributed by atoms with van der Waals surface area (Å²) in [6.45, 7) is 8.23. The normalized spacial score (nSPS) is 19.3. The van der Waals surface area contributed by atoms with Crippen molar-refractivity contribution < 1.29 is 28.8 Å². The van der Waals surface area contributed by atoms with Crippen LogP contribution in [0.25, 0.3) is 0 Å². The molecule has 7 nitrogen and oxygen atoms in total. The molecule has 1 heterocycles. The van der Waals surface area contributed by atoms with Gasteiger partial charge in [-0.3, -0.25) is 0 Å². The first-order valence-corrected chi connectivity index (χ1v) is 10.4. The van der Waals surface area contributed by atoms with E-state index in [1.54, 1.807) is 0 Å². The van der Waals surface area contributed by atoms with Gasteiger partial charge in [-0.05, 0) is 58.6 Å². The number of carbonyl (C=O) groups is 1.